The first kappa shape index (κ1) is 38.5. The van der Waals surface area contributed by atoms with Gasteiger partial charge in [-0.05, 0) is 69.3 Å². The molecule has 0 saturated carbocycles. The van der Waals surface area contributed by atoms with Gasteiger partial charge < -0.3 is 45.1 Å². The third-order valence-electron chi connectivity index (χ3n) is 10.1. The Morgan fingerprint density at radius 2 is 1.53 bits per heavy atom. The van der Waals surface area contributed by atoms with Gasteiger partial charge >= 0.3 is 20.3 Å². The van der Waals surface area contributed by atoms with E-state index in [0.29, 0.717) is 73.9 Å². The zero-order chi connectivity index (χ0) is 40.2. The molecule has 19 heteroatoms. The van der Waals surface area contributed by atoms with Gasteiger partial charge in [0.2, 0.25) is 16.9 Å². The summed E-state index contributed by atoms with van der Waals surface area (Å²) in [6.07, 6.45) is 8.31. The number of halogens is 1. The molecule has 8 rings (SSSR count). The number of hydrogen-bond donors (Lipinski definition) is 5. The van der Waals surface area contributed by atoms with Gasteiger partial charge in [-0.3, -0.25) is 0 Å². The number of rotatable bonds is 9. The van der Waals surface area contributed by atoms with E-state index in [9.17, 15) is 14.7 Å². The number of fused-ring (bicyclic) bond motifs is 2. The highest BCUT2D eigenvalue weighted by molar-refractivity contribution is 6.56. The third-order valence-corrected chi connectivity index (χ3v) is 10.1. The lowest BCUT2D eigenvalue weighted by Crippen LogP contribution is -2.38. The van der Waals surface area contributed by atoms with E-state index >= 15 is 0 Å². The molecule has 4 unspecified atom stereocenters. The lowest BCUT2D eigenvalue weighted by Gasteiger charge is -2.28. The highest BCUT2D eigenvalue weighted by Crippen LogP contribution is 2.34. The number of aromatic nitrogens is 4. The van der Waals surface area contributed by atoms with E-state index in [1.807, 2.05) is 45.0 Å². The van der Waals surface area contributed by atoms with Crippen LogP contribution in [0.25, 0.3) is 17.2 Å². The molecule has 2 aromatic heterocycles. The Labute approximate surface area is 334 Å². The van der Waals surface area contributed by atoms with Crippen LogP contribution in [0, 0.1) is 48.9 Å². The number of nitriles is 1. The molecule has 2 saturated heterocycles. The first-order chi connectivity index (χ1) is 28.2. The molecule has 0 bridgehead atoms. The molecular weight excluding hydrogens is 745 g/mol. The smallest absolute Gasteiger partial charge is 0.530 e. The minimum absolute atomic E-state index is 0.0210. The number of aryl methyl sites for hydroxylation is 2. The summed E-state index contributed by atoms with van der Waals surface area (Å²) in [5.74, 6) is 2.96. The van der Waals surface area contributed by atoms with Gasteiger partial charge in [-0.25, -0.2) is 14.4 Å². The Morgan fingerprint density at radius 3 is 2.24 bits per heavy atom. The highest BCUT2D eigenvalue weighted by Gasteiger charge is 2.37. The van der Waals surface area contributed by atoms with E-state index in [0.717, 1.165) is 27.9 Å². The highest BCUT2D eigenvalue weighted by atomic mass is 19.1. The lowest BCUT2D eigenvalue weighted by atomic mass is 9.76. The van der Waals surface area contributed by atoms with Crippen LogP contribution in [0.3, 0.4) is 0 Å². The Kier molecular flexibility index (Phi) is 11.3. The number of nitrogens with one attached hydrogen (secondary N) is 4. The molecular formula is C39H40B2FN10O6+. The average Bonchev–Trinajstić information content (AvgIpc) is 3.22. The van der Waals surface area contributed by atoms with Gasteiger partial charge in [0, 0.05) is 65.3 Å². The van der Waals surface area contributed by atoms with Gasteiger partial charge in [0.15, 0.2) is 5.82 Å². The van der Waals surface area contributed by atoms with E-state index in [1.165, 1.54) is 12.0 Å². The number of ether oxygens (including phenoxy) is 2. The minimum atomic E-state index is -1.20. The molecule has 4 aromatic rings. The van der Waals surface area contributed by atoms with Crippen LogP contribution >= 0.6 is 0 Å². The summed E-state index contributed by atoms with van der Waals surface area (Å²) >= 11 is 0. The topological polar surface area (TPSA) is 194 Å². The fourth-order valence-electron chi connectivity index (χ4n) is 6.88. The third kappa shape index (κ3) is 8.77. The summed E-state index contributed by atoms with van der Waals surface area (Å²) in [4.78, 5) is 18.2. The van der Waals surface area contributed by atoms with Crippen molar-refractivity contribution in [1.82, 2.24) is 19.9 Å². The van der Waals surface area contributed by atoms with Gasteiger partial charge in [-0.15, -0.1) is 0 Å². The molecule has 4 aliphatic rings. The predicted octanol–water partition coefficient (Wildman–Crippen LogP) is 5.88. The van der Waals surface area contributed by atoms with Crippen molar-refractivity contribution in [2.24, 2.45) is 11.8 Å². The maximum Gasteiger partial charge on any atom is 0.724 e. The molecule has 0 amide bonds. The molecule has 0 aliphatic carbocycles. The van der Waals surface area contributed by atoms with E-state index in [1.54, 1.807) is 24.5 Å². The van der Waals surface area contributed by atoms with Gasteiger partial charge in [0.05, 0.1) is 37.3 Å². The van der Waals surface area contributed by atoms with Crippen LogP contribution < -0.4 is 30.6 Å². The second-order valence-corrected chi connectivity index (χ2v) is 14.4. The first-order valence-electron chi connectivity index (χ1n) is 19.0. The van der Waals surface area contributed by atoms with Gasteiger partial charge in [-0.1, -0.05) is 12.2 Å². The summed E-state index contributed by atoms with van der Waals surface area (Å²) in [6.45, 7) is 7.65. The van der Waals surface area contributed by atoms with Gasteiger partial charge in [0.1, 0.15) is 29.1 Å². The standard InChI is InChI=1S/C39H40B2FN10O6/c1-22-17-44-38(51-36(22)49-32-20-54-10-7-26(32)16-43)47-29-4-5-34-28(14-29)12-24(3)41(56-34)58-46-19-27-8-11-55-21-33(27)50-37-23(2)18-45-39(52-37)48-30-13-25-6-9-40(53)57-35(25)31(42)15-30/h4-6,9,12-15,17-18,26-27,32-33,53H,7-8,10-11,20-21H2,1-3H3,(H2,44,47,49,51)(H2,45,48,50,52)/q+1. The molecule has 294 valence electrons. The van der Waals surface area contributed by atoms with Crippen molar-refractivity contribution in [1.29, 1.82) is 5.26 Å². The van der Waals surface area contributed by atoms with Crippen LogP contribution in [0.1, 0.15) is 42.0 Å². The van der Waals surface area contributed by atoms with Crippen molar-refractivity contribution in [3.8, 4) is 23.6 Å². The maximum absolute atomic E-state index is 14.8. The van der Waals surface area contributed by atoms with Crippen LogP contribution in [0.4, 0.5) is 39.3 Å². The largest absolute Gasteiger partial charge is 0.724 e. The lowest BCUT2D eigenvalue weighted by molar-refractivity contribution is 0.0698. The van der Waals surface area contributed by atoms with Crippen LogP contribution in [-0.4, -0.2) is 77.7 Å². The summed E-state index contributed by atoms with van der Waals surface area (Å²) < 4.78 is 43.3. The zero-order valence-electron chi connectivity index (χ0n) is 32.0. The van der Waals surface area contributed by atoms with E-state index < -0.39 is 20.1 Å². The van der Waals surface area contributed by atoms with Crippen molar-refractivity contribution in [2.45, 2.75) is 45.7 Å². The monoisotopic (exact) mass is 785 g/mol. The van der Waals surface area contributed by atoms with Crippen LogP contribution in [-0.2, 0) is 14.2 Å². The first-order valence-corrected chi connectivity index (χ1v) is 19.0. The minimum Gasteiger partial charge on any atom is -0.530 e. The van der Waals surface area contributed by atoms with E-state index in [4.69, 9.17) is 23.5 Å². The van der Waals surface area contributed by atoms with Crippen molar-refractivity contribution < 1.29 is 33.0 Å². The second-order valence-electron chi connectivity index (χ2n) is 14.4. The molecule has 6 heterocycles. The molecule has 2 fully saturated rings. The number of benzene rings is 2. The van der Waals surface area contributed by atoms with Crippen LogP contribution in [0.15, 0.2) is 54.2 Å². The molecule has 16 nitrogen and oxygen atoms in total. The Hall–Kier alpha value is -6.40. The fraction of sp³-hybridized carbons (Fsp3) is 0.333. The molecule has 4 atom stereocenters. The van der Waals surface area contributed by atoms with E-state index in [2.05, 4.69) is 58.3 Å². The number of allylic oxidation sites excluding steroid dienone is 1. The quantitative estimate of drug-likeness (QED) is 0.0997. The fourth-order valence-corrected chi connectivity index (χ4v) is 6.88. The number of anilines is 6. The molecule has 0 spiro atoms. The molecule has 5 N–H and O–H groups in total. The van der Waals surface area contributed by atoms with Crippen molar-refractivity contribution in [3.05, 3.63) is 87.3 Å². The summed E-state index contributed by atoms with van der Waals surface area (Å²) in [6, 6.07) is 13.7. The molecule has 0 radical (unpaired) electrons. The molecule has 58 heavy (non-hydrogen) atoms. The SMILES string of the molecule is CC1=Cc2cc(Nc3ncc(C)c(NC4COCCC4C#N)n3)ccc2OB1O[N+]#CC1CCOCC1Nc1nc(Nc2cc(F)c3c(c2)C=CB(O)O3)ncc1C. The number of nitrogens with zero attached hydrogens (tertiary/aromatic N) is 6. The van der Waals surface area contributed by atoms with Crippen molar-refractivity contribution in [2.75, 3.05) is 47.7 Å². The number of hydrogen-bond acceptors (Lipinski definition) is 15. The summed E-state index contributed by atoms with van der Waals surface area (Å²) in [5, 5.41) is 36.6. The van der Waals surface area contributed by atoms with Crippen molar-refractivity contribution in [3.63, 3.8) is 0 Å². The molecule has 4 aliphatic heterocycles. The van der Waals surface area contributed by atoms with Crippen LogP contribution in [0.2, 0.25) is 0 Å². The van der Waals surface area contributed by atoms with Crippen molar-refractivity contribution >= 4 is 61.3 Å². The van der Waals surface area contributed by atoms with Crippen LogP contribution in [0.5, 0.6) is 11.5 Å². The summed E-state index contributed by atoms with van der Waals surface area (Å²) in [5.41, 5.74) is 4.99. The maximum atomic E-state index is 14.8. The Bertz CT molecular complexity index is 2370. The summed E-state index contributed by atoms with van der Waals surface area (Å²) in [7, 11) is -1.95. The normalized spacial score (nSPS) is 20.7. The van der Waals surface area contributed by atoms with E-state index in [-0.39, 0.29) is 35.6 Å². The van der Waals surface area contributed by atoms with Gasteiger partial charge in [0.25, 0.3) is 0 Å². The second kappa shape index (κ2) is 17.0. The zero-order valence-corrected chi connectivity index (χ0v) is 32.0. The predicted molar refractivity (Wildman–Crippen MR) is 217 cm³/mol. The Balaban J connectivity index is 0.892. The average molecular weight is 785 g/mol. The molecule has 2 aromatic carbocycles. The van der Waals surface area contributed by atoms with Gasteiger partial charge in [-0.2, -0.15) is 20.0 Å². The Morgan fingerprint density at radius 1 is 0.879 bits per heavy atom.